The number of nitrogens with one attached hydrogen (secondary N) is 2. The SMILES string of the molecule is COc1c(NNC(=O)O)cccc1-c1ccccc1. The van der Waals surface area contributed by atoms with Gasteiger partial charge in [0.05, 0.1) is 12.8 Å². The second-order valence-electron chi connectivity index (χ2n) is 3.81. The lowest BCUT2D eigenvalue weighted by Gasteiger charge is -2.14. The third kappa shape index (κ3) is 2.95. The fourth-order valence-corrected chi connectivity index (χ4v) is 1.82. The number of para-hydroxylation sites is 1. The molecule has 3 N–H and O–H groups in total. The highest BCUT2D eigenvalue weighted by Crippen LogP contribution is 2.35. The van der Waals surface area contributed by atoms with Crippen LogP contribution < -0.4 is 15.6 Å². The number of carbonyl (C=O) groups is 1. The first kappa shape index (κ1) is 12.8. The molecule has 2 rings (SSSR count). The van der Waals surface area contributed by atoms with Crippen LogP contribution in [0.15, 0.2) is 48.5 Å². The highest BCUT2D eigenvalue weighted by Gasteiger charge is 2.10. The third-order valence-electron chi connectivity index (χ3n) is 2.61. The van der Waals surface area contributed by atoms with E-state index in [1.807, 2.05) is 42.5 Å². The van der Waals surface area contributed by atoms with E-state index in [2.05, 4.69) is 10.9 Å². The zero-order valence-corrected chi connectivity index (χ0v) is 10.4. The molecule has 0 unspecified atom stereocenters. The molecule has 0 bridgehead atoms. The van der Waals surface area contributed by atoms with Crippen LogP contribution in [-0.2, 0) is 0 Å². The molecule has 5 heteroatoms. The summed E-state index contributed by atoms with van der Waals surface area (Å²) in [7, 11) is 1.55. The lowest BCUT2D eigenvalue weighted by Crippen LogP contribution is -2.27. The molecule has 19 heavy (non-hydrogen) atoms. The number of hydrogen-bond acceptors (Lipinski definition) is 3. The molecule has 0 saturated heterocycles. The number of carboxylic acid groups (broad SMARTS) is 1. The summed E-state index contributed by atoms with van der Waals surface area (Å²) in [5.74, 6) is 0.586. The van der Waals surface area contributed by atoms with Crippen molar-refractivity contribution in [2.75, 3.05) is 12.5 Å². The lowest BCUT2D eigenvalue weighted by molar-refractivity contribution is 0.197. The molecular weight excluding hydrogens is 244 g/mol. The van der Waals surface area contributed by atoms with E-state index in [9.17, 15) is 4.79 Å². The van der Waals surface area contributed by atoms with Crippen LogP contribution in [0, 0.1) is 0 Å². The summed E-state index contributed by atoms with van der Waals surface area (Å²) >= 11 is 0. The molecule has 0 radical (unpaired) electrons. The van der Waals surface area contributed by atoms with Crippen molar-refractivity contribution in [1.82, 2.24) is 5.43 Å². The highest BCUT2D eigenvalue weighted by atomic mass is 16.5. The van der Waals surface area contributed by atoms with Gasteiger partial charge in [0, 0.05) is 5.56 Å². The van der Waals surface area contributed by atoms with Crippen molar-refractivity contribution in [3.05, 3.63) is 48.5 Å². The van der Waals surface area contributed by atoms with Crippen LogP contribution in [0.3, 0.4) is 0 Å². The Morgan fingerprint density at radius 3 is 2.47 bits per heavy atom. The van der Waals surface area contributed by atoms with E-state index in [4.69, 9.17) is 9.84 Å². The molecule has 0 saturated carbocycles. The molecule has 2 aromatic carbocycles. The molecule has 0 fully saturated rings. The molecule has 0 aliphatic carbocycles. The quantitative estimate of drug-likeness (QED) is 0.737. The summed E-state index contributed by atoms with van der Waals surface area (Å²) in [6.45, 7) is 0. The van der Waals surface area contributed by atoms with Gasteiger partial charge in [-0.3, -0.25) is 5.43 Å². The highest BCUT2D eigenvalue weighted by molar-refractivity contribution is 5.79. The number of ether oxygens (including phenoxy) is 1. The van der Waals surface area contributed by atoms with Crippen molar-refractivity contribution in [2.45, 2.75) is 0 Å². The maximum absolute atomic E-state index is 10.5. The molecule has 98 valence electrons. The van der Waals surface area contributed by atoms with Gasteiger partial charge in [-0.05, 0) is 11.6 Å². The van der Waals surface area contributed by atoms with Crippen LogP contribution in [0.5, 0.6) is 5.75 Å². The summed E-state index contributed by atoms with van der Waals surface area (Å²) < 4.78 is 5.37. The standard InChI is InChI=1S/C14H14N2O3/c1-19-13-11(10-6-3-2-4-7-10)8-5-9-12(13)15-16-14(17)18/h2-9,15-16H,1H3,(H,17,18). The Hall–Kier alpha value is -2.69. The van der Waals surface area contributed by atoms with Crippen molar-refractivity contribution in [1.29, 1.82) is 0 Å². The summed E-state index contributed by atoms with van der Waals surface area (Å²) in [6.07, 6.45) is -1.16. The molecule has 2 aromatic rings. The second kappa shape index (κ2) is 5.77. The van der Waals surface area contributed by atoms with Crippen LogP contribution in [-0.4, -0.2) is 18.3 Å². The molecule has 0 heterocycles. The van der Waals surface area contributed by atoms with E-state index in [1.54, 1.807) is 13.2 Å². The number of anilines is 1. The summed E-state index contributed by atoms with van der Waals surface area (Å²) in [5.41, 5.74) is 7.15. The zero-order valence-electron chi connectivity index (χ0n) is 10.4. The number of amides is 1. The van der Waals surface area contributed by atoms with E-state index < -0.39 is 6.09 Å². The second-order valence-corrected chi connectivity index (χ2v) is 3.81. The van der Waals surface area contributed by atoms with Crippen molar-refractivity contribution >= 4 is 11.8 Å². The Labute approximate surface area is 110 Å². The number of hydrazine groups is 1. The first-order valence-corrected chi connectivity index (χ1v) is 5.69. The largest absolute Gasteiger partial charge is 0.494 e. The predicted octanol–water partition coefficient (Wildman–Crippen LogP) is 2.96. The first-order valence-electron chi connectivity index (χ1n) is 5.69. The van der Waals surface area contributed by atoms with E-state index in [0.29, 0.717) is 11.4 Å². The van der Waals surface area contributed by atoms with Gasteiger partial charge in [0.1, 0.15) is 0 Å². The van der Waals surface area contributed by atoms with E-state index in [1.165, 1.54) is 0 Å². The molecule has 0 aliphatic heterocycles. The summed E-state index contributed by atoms with van der Waals surface area (Å²) in [6, 6.07) is 15.2. The first-order chi connectivity index (χ1) is 9.22. The third-order valence-corrected chi connectivity index (χ3v) is 2.61. The molecule has 1 amide bonds. The van der Waals surface area contributed by atoms with Crippen molar-refractivity contribution < 1.29 is 14.6 Å². The van der Waals surface area contributed by atoms with Gasteiger partial charge in [0.25, 0.3) is 0 Å². The minimum atomic E-state index is -1.16. The summed E-state index contributed by atoms with van der Waals surface area (Å²) in [4.78, 5) is 10.5. The van der Waals surface area contributed by atoms with Gasteiger partial charge in [-0.25, -0.2) is 10.2 Å². The maximum Gasteiger partial charge on any atom is 0.423 e. The Balaban J connectivity index is 2.39. The van der Waals surface area contributed by atoms with Crippen LogP contribution in [0.1, 0.15) is 0 Å². The van der Waals surface area contributed by atoms with Gasteiger partial charge in [-0.2, -0.15) is 0 Å². The number of rotatable bonds is 4. The molecule has 0 aliphatic rings. The number of methoxy groups -OCH3 is 1. The molecule has 0 atom stereocenters. The fourth-order valence-electron chi connectivity index (χ4n) is 1.82. The smallest absolute Gasteiger partial charge is 0.423 e. The minimum absolute atomic E-state index is 0.561. The van der Waals surface area contributed by atoms with Crippen molar-refractivity contribution in [3.8, 4) is 16.9 Å². The van der Waals surface area contributed by atoms with Gasteiger partial charge >= 0.3 is 6.09 Å². The maximum atomic E-state index is 10.5. The molecule has 5 nitrogen and oxygen atoms in total. The van der Waals surface area contributed by atoms with Crippen LogP contribution in [0.4, 0.5) is 10.5 Å². The fraction of sp³-hybridized carbons (Fsp3) is 0.0714. The van der Waals surface area contributed by atoms with E-state index in [0.717, 1.165) is 11.1 Å². The average molecular weight is 258 g/mol. The Morgan fingerprint density at radius 2 is 1.84 bits per heavy atom. The summed E-state index contributed by atoms with van der Waals surface area (Å²) in [5, 5.41) is 8.61. The minimum Gasteiger partial charge on any atom is -0.494 e. The van der Waals surface area contributed by atoms with Gasteiger partial charge in [0.2, 0.25) is 0 Å². The normalized spacial score (nSPS) is 9.74. The van der Waals surface area contributed by atoms with Crippen molar-refractivity contribution in [3.63, 3.8) is 0 Å². The van der Waals surface area contributed by atoms with Gasteiger partial charge in [0.15, 0.2) is 5.75 Å². The van der Waals surface area contributed by atoms with Gasteiger partial charge < -0.3 is 9.84 Å². The van der Waals surface area contributed by atoms with Crippen molar-refractivity contribution in [2.24, 2.45) is 0 Å². The Kier molecular flexibility index (Phi) is 3.87. The Morgan fingerprint density at radius 1 is 1.11 bits per heavy atom. The monoisotopic (exact) mass is 258 g/mol. The van der Waals surface area contributed by atoms with E-state index in [-0.39, 0.29) is 0 Å². The Bertz CT molecular complexity index is 570. The topological polar surface area (TPSA) is 70.6 Å². The van der Waals surface area contributed by atoms with Crippen LogP contribution in [0.25, 0.3) is 11.1 Å². The molecule has 0 aromatic heterocycles. The van der Waals surface area contributed by atoms with Crippen LogP contribution >= 0.6 is 0 Å². The molecular formula is C14H14N2O3. The van der Waals surface area contributed by atoms with E-state index >= 15 is 0 Å². The molecule has 0 spiro atoms. The zero-order chi connectivity index (χ0) is 13.7. The van der Waals surface area contributed by atoms with Gasteiger partial charge in [-0.15, -0.1) is 0 Å². The lowest BCUT2D eigenvalue weighted by atomic mass is 10.0. The number of benzene rings is 2. The van der Waals surface area contributed by atoms with Gasteiger partial charge in [-0.1, -0.05) is 42.5 Å². The number of hydrogen-bond donors (Lipinski definition) is 3. The average Bonchev–Trinajstić information content (AvgIpc) is 2.45. The van der Waals surface area contributed by atoms with Crippen LogP contribution in [0.2, 0.25) is 0 Å². The predicted molar refractivity (Wildman–Crippen MR) is 73.2 cm³/mol.